The molecule has 1 N–H and O–H groups in total. The molecule has 2 aromatic heterocycles. The molecule has 1 saturated carbocycles. The first-order valence-electron chi connectivity index (χ1n) is 14.9. The monoisotopic (exact) mass is 623 g/mol. The van der Waals surface area contributed by atoms with Crippen molar-refractivity contribution in [3.63, 3.8) is 0 Å². The summed E-state index contributed by atoms with van der Waals surface area (Å²) in [5.74, 6) is -0.420. The van der Waals surface area contributed by atoms with Gasteiger partial charge in [0, 0.05) is 23.5 Å². The lowest BCUT2D eigenvalue weighted by Crippen LogP contribution is -2.47. The van der Waals surface area contributed by atoms with Crippen LogP contribution in [0.2, 0.25) is 0 Å². The summed E-state index contributed by atoms with van der Waals surface area (Å²) >= 11 is 0. The molecule has 0 saturated heterocycles. The normalized spacial score (nSPS) is 14.8. The van der Waals surface area contributed by atoms with Crippen LogP contribution in [-0.4, -0.2) is 46.7 Å². The van der Waals surface area contributed by atoms with E-state index in [2.05, 4.69) is 15.4 Å². The van der Waals surface area contributed by atoms with Gasteiger partial charge in [-0.2, -0.15) is 18.3 Å². The van der Waals surface area contributed by atoms with Gasteiger partial charge in [0.1, 0.15) is 23.2 Å². The minimum absolute atomic E-state index is 0.0667. The van der Waals surface area contributed by atoms with E-state index >= 15 is 0 Å². The molecule has 0 aliphatic heterocycles. The SMILES string of the molecule is COc1ccc(C(C(=O)NC2CCCCC2)N(C(=O)c2cc3nc(C(C)C)cc(C(F)(F)F)n3n2)c2ccc(OC)cc2)cc1. The number of alkyl halides is 3. The number of benzene rings is 2. The zero-order valence-electron chi connectivity index (χ0n) is 25.6. The van der Waals surface area contributed by atoms with Crippen LogP contribution in [0.1, 0.15) is 85.4 Å². The van der Waals surface area contributed by atoms with E-state index in [9.17, 15) is 22.8 Å². The molecule has 0 radical (unpaired) electrons. The topological polar surface area (TPSA) is 98.1 Å². The average Bonchev–Trinajstić information content (AvgIpc) is 3.47. The Morgan fingerprint density at radius 2 is 1.53 bits per heavy atom. The third-order valence-corrected chi connectivity index (χ3v) is 8.01. The predicted molar refractivity (Wildman–Crippen MR) is 163 cm³/mol. The number of nitrogens with zero attached hydrogens (tertiary/aromatic N) is 4. The van der Waals surface area contributed by atoms with Crippen molar-refractivity contribution in [2.75, 3.05) is 19.1 Å². The molecule has 4 aromatic rings. The van der Waals surface area contributed by atoms with Crippen molar-refractivity contribution in [2.24, 2.45) is 0 Å². The number of hydrogen-bond donors (Lipinski definition) is 1. The Hall–Kier alpha value is -4.61. The molecular weight excluding hydrogens is 587 g/mol. The smallest absolute Gasteiger partial charge is 0.433 e. The van der Waals surface area contributed by atoms with Crippen LogP contribution in [0, 0.1) is 0 Å². The molecule has 2 amide bonds. The zero-order valence-corrected chi connectivity index (χ0v) is 25.6. The Bertz CT molecular complexity index is 1650. The van der Waals surface area contributed by atoms with Gasteiger partial charge in [-0.15, -0.1) is 0 Å². The van der Waals surface area contributed by atoms with Gasteiger partial charge < -0.3 is 14.8 Å². The summed E-state index contributed by atoms with van der Waals surface area (Å²) in [6.45, 7) is 3.47. The number of carbonyl (C=O) groups excluding carboxylic acids is 2. The summed E-state index contributed by atoms with van der Waals surface area (Å²) in [7, 11) is 3.02. The van der Waals surface area contributed by atoms with Crippen LogP contribution < -0.4 is 19.7 Å². The number of carbonyl (C=O) groups is 2. The van der Waals surface area contributed by atoms with Crippen LogP contribution in [0.4, 0.5) is 18.9 Å². The molecule has 1 atom stereocenters. The van der Waals surface area contributed by atoms with E-state index in [1.165, 1.54) is 25.2 Å². The molecule has 9 nitrogen and oxygen atoms in total. The molecule has 1 aliphatic rings. The molecule has 1 aliphatic carbocycles. The first-order valence-corrected chi connectivity index (χ1v) is 14.9. The second kappa shape index (κ2) is 13.2. The molecule has 1 fully saturated rings. The lowest BCUT2D eigenvalue weighted by atomic mass is 9.94. The number of rotatable bonds is 9. The number of nitrogens with one attached hydrogen (secondary N) is 1. The maximum absolute atomic E-state index is 14.5. The zero-order chi connectivity index (χ0) is 32.3. The number of ether oxygens (including phenoxy) is 2. The third kappa shape index (κ3) is 6.89. The summed E-state index contributed by atoms with van der Waals surface area (Å²) in [5.41, 5.74) is -0.456. The van der Waals surface area contributed by atoms with Crippen molar-refractivity contribution in [3.05, 3.63) is 83.3 Å². The average molecular weight is 624 g/mol. The van der Waals surface area contributed by atoms with Crippen LogP contribution in [0.5, 0.6) is 11.5 Å². The third-order valence-electron chi connectivity index (χ3n) is 8.01. The minimum atomic E-state index is -4.75. The molecule has 45 heavy (non-hydrogen) atoms. The maximum Gasteiger partial charge on any atom is 0.433 e. The second-order valence-electron chi connectivity index (χ2n) is 11.4. The fourth-order valence-corrected chi connectivity index (χ4v) is 5.58. The van der Waals surface area contributed by atoms with E-state index in [0.717, 1.165) is 38.2 Å². The largest absolute Gasteiger partial charge is 0.497 e. The number of anilines is 1. The lowest BCUT2D eigenvalue weighted by molar-refractivity contribution is -0.142. The van der Waals surface area contributed by atoms with Gasteiger partial charge >= 0.3 is 6.18 Å². The lowest BCUT2D eigenvalue weighted by Gasteiger charge is -2.33. The Balaban J connectivity index is 1.67. The molecule has 2 heterocycles. The Kier molecular flexibility index (Phi) is 9.31. The van der Waals surface area contributed by atoms with Crippen LogP contribution in [-0.2, 0) is 11.0 Å². The molecule has 5 rings (SSSR count). The molecule has 0 bridgehead atoms. The number of aromatic nitrogens is 3. The number of hydrogen-bond acceptors (Lipinski definition) is 6. The summed E-state index contributed by atoms with van der Waals surface area (Å²) in [6, 6.07) is 14.2. The van der Waals surface area contributed by atoms with Gasteiger partial charge in [-0.3, -0.25) is 14.5 Å². The highest BCUT2D eigenvalue weighted by Crippen LogP contribution is 2.34. The molecule has 1 unspecified atom stereocenters. The first-order chi connectivity index (χ1) is 21.5. The van der Waals surface area contributed by atoms with Crippen LogP contribution in [0.3, 0.4) is 0 Å². The van der Waals surface area contributed by atoms with E-state index in [1.807, 2.05) is 0 Å². The van der Waals surface area contributed by atoms with Crippen molar-refractivity contribution >= 4 is 23.1 Å². The maximum atomic E-state index is 14.5. The fourth-order valence-electron chi connectivity index (χ4n) is 5.58. The highest BCUT2D eigenvalue weighted by molar-refractivity contribution is 6.09. The first kappa shape index (κ1) is 31.8. The minimum Gasteiger partial charge on any atom is -0.497 e. The number of methoxy groups -OCH3 is 2. The van der Waals surface area contributed by atoms with E-state index in [0.29, 0.717) is 27.3 Å². The summed E-state index contributed by atoms with van der Waals surface area (Å²) in [4.78, 5) is 34.3. The Labute approximate surface area is 259 Å². The Morgan fingerprint density at radius 1 is 0.933 bits per heavy atom. The molecular formula is C33H36F3N5O4. The number of fused-ring (bicyclic) bond motifs is 1. The fraction of sp³-hybridized carbons (Fsp3) is 0.394. The van der Waals surface area contributed by atoms with E-state index in [4.69, 9.17) is 9.47 Å². The van der Waals surface area contributed by atoms with Crippen molar-refractivity contribution in [1.29, 1.82) is 0 Å². The van der Waals surface area contributed by atoms with Gasteiger partial charge in [-0.1, -0.05) is 45.2 Å². The van der Waals surface area contributed by atoms with Gasteiger partial charge in [0.25, 0.3) is 5.91 Å². The van der Waals surface area contributed by atoms with Gasteiger partial charge in [-0.05, 0) is 66.8 Å². The van der Waals surface area contributed by atoms with Gasteiger partial charge in [0.2, 0.25) is 5.91 Å². The van der Waals surface area contributed by atoms with E-state index in [-0.39, 0.29) is 29.0 Å². The van der Waals surface area contributed by atoms with E-state index in [1.54, 1.807) is 62.4 Å². The molecule has 238 valence electrons. The second-order valence-corrected chi connectivity index (χ2v) is 11.4. The molecule has 2 aromatic carbocycles. The van der Waals surface area contributed by atoms with Gasteiger partial charge in [0.05, 0.1) is 14.2 Å². The molecule has 12 heteroatoms. The summed E-state index contributed by atoms with van der Waals surface area (Å²) < 4.78 is 53.7. The standard InChI is InChI=1S/C33H36F3N5O4/c1-20(2)26-18-28(33(34,35)36)41-29(38-26)19-27(39-41)32(43)40(23-12-16-25(45-4)17-13-23)30(21-10-14-24(44-3)15-11-21)31(42)37-22-8-6-5-7-9-22/h10-20,22,30H,5-9H2,1-4H3,(H,37,42). The quantitative estimate of drug-likeness (QED) is 0.222. The predicted octanol–water partition coefficient (Wildman–Crippen LogP) is 6.73. The van der Waals surface area contributed by atoms with Crippen molar-refractivity contribution in [3.8, 4) is 11.5 Å². The van der Waals surface area contributed by atoms with Crippen molar-refractivity contribution in [2.45, 2.75) is 70.1 Å². The van der Waals surface area contributed by atoms with E-state index < -0.39 is 29.7 Å². The van der Waals surface area contributed by atoms with Gasteiger partial charge in [-0.25, -0.2) is 9.50 Å². The van der Waals surface area contributed by atoms with Crippen LogP contribution in [0.15, 0.2) is 60.7 Å². The number of halogens is 3. The highest BCUT2D eigenvalue weighted by atomic mass is 19.4. The number of amides is 2. The highest BCUT2D eigenvalue weighted by Gasteiger charge is 2.38. The summed E-state index contributed by atoms with van der Waals surface area (Å²) in [6.07, 6.45) is -0.0770. The Morgan fingerprint density at radius 3 is 2.09 bits per heavy atom. The van der Waals surface area contributed by atoms with Gasteiger partial charge in [0.15, 0.2) is 11.3 Å². The summed E-state index contributed by atoms with van der Waals surface area (Å²) in [5, 5.41) is 7.23. The van der Waals surface area contributed by atoms with Crippen molar-refractivity contribution < 1.29 is 32.2 Å². The van der Waals surface area contributed by atoms with Crippen molar-refractivity contribution in [1.82, 2.24) is 19.9 Å². The van der Waals surface area contributed by atoms with Crippen LogP contribution >= 0.6 is 0 Å². The molecule has 0 spiro atoms. The van der Waals surface area contributed by atoms with Crippen LogP contribution in [0.25, 0.3) is 5.65 Å².